The summed E-state index contributed by atoms with van der Waals surface area (Å²) in [5, 5.41) is 0.309. The summed E-state index contributed by atoms with van der Waals surface area (Å²) in [6.07, 6.45) is 0.698. The van der Waals surface area contributed by atoms with Gasteiger partial charge in [0, 0.05) is 6.07 Å². The van der Waals surface area contributed by atoms with Gasteiger partial charge >= 0.3 is 0 Å². The van der Waals surface area contributed by atoms with E-state index in [4.69, 9.17) is 21.1 Å². The van der Waals surface area contributed by atoms with Crippen LogP contribution in [0.3, 0.4) is 0 Å². The molecular formula is C21H17ClO3. The molecule has 0 bridgehead atoms. The van der Waals surface area contributed by atoms with Gasteiger partial charge in [-0.3, -0.25) is 4.79 Å². The Morgan fingerprint density at radius 1 is 0.800 bits per heavy atom. The van der Waals surface area contributed by atoms with E-state index in [-0.39, 0.29) is 0 Å². The highest BCUT2D eigenvalue weighted by molar-refractivity contribution is 6.33. The largest absolute Gasteiger partial charge is 0.489 e. The summed E-state index contributed by atoms with van der Waals surface area (Å²) in [4.78, 5) is 11.3. The molecule has 0 aliphatic carbocycles. The molecule has 0 saturated heterocycles. The van der Waals surface area contributed by atoms with Gasteiger partial charge in [-0.15, -0.1) is 0 Å². The Hall–Kier alpha value is -2.78. The topological polar surface area (TPSA) is 35.5 Å². The Labute approximate surface area is 151 Å². The van der Waals surface area contributed by atoms with Gasteiger partial charge in [0.05, 0.1) is 10.6 Å². The number of ether oxygens (including phenoxy) is 2. The summed E-state index contributed by atoms with van der Waals surface area (Å²) >= 11 is 6.21. The Morgan fingerprint density at radius 2 is 1.36 bits per heavy atom. The highest BCUT2D eigenvalue weighted by Crippen LogP contribution is 2.32. The lowest BCUT2D eigenvalue weighted by atomic mass is 10.2. The van der Waals surface area contributed by atoms with Crippen LogP contribution in [-0.2, 0) is 13.2 Å². The second-order valence-corrected chi connectivity index (χ2v) is 5.89. The molecule has 4 heteroatoms. The summed E-state index contributed by atoms with van der Waals surface area (Å²) < 4.78 is 11.6. The molecule has 0 N–H and O–H groups in total. The first-order valence-electron chi connectivity index (χ1n) is 7.88. The second-order valence-electron chi connectivity index (χ2n) is 5.48. The predicted molar refractivity (Wildman–Crippen MR) is 98.4 cm³/mol. The third-order valence-electron chi connectivity index (χ3n) is 3.67. The maximum atomic E-state index is 11.3. The average molecular weight is 353 g/mol. The average Bonchev–Trinajstić information content (AvgIpc) is 2.66. The van der Waals surface area contributed by atoms with Crippen molar-refractivity contribution in [1.82, 2.24) is 0 Å². The molecule has 0 radical (unpaired) electrons. The summed E-state index contributed by atoms with van der Waals surface area (Å²) in [6, 6.07) is 22.9. The molecule has 0 fully saturated rings. The van der Waals surface area contributed by atoms with Gasteiger partial charge in [0.2, 0.25) is 0 Å². The minimum atomic E-state index is 0.309. The van der Waals surface area contributed by atoms with Crippen LogP contribution in [0.25, 0.3) is 0 Å². The fraction of sp³-hybridized carbons (Fsp3) is 0.0952. The van der Waals surface area contributed by atoms with Crippen LogP contribution in [-0.4, -0.2) is 6.29 Å². The van der Waals surface area contributed by atoms with Gasteiger partial charge in [-0.05, 0) is 17.2 Å². The molecular weight excluding hydrogens is 336 g/mol. The standard InChI is InChI=1S/C21H17ClO3/c22-20-11-18(24-14-16-7-3-1-4-8-16)12-21(19(20)13-23)25-15-17-9-5-2-6-10-17/h1-13H,14-15H2. The van der Waals surface area contributed by atoms with Gasteiger partial charge in [-0.2, -0.15) is 0 Å². The van der Waals surface area contributed by atoms with E-state index in [1.807, 2.05) is 60.7 Å². The molecule has 0 aromatic heterocycles. The van der Waals surface area contributed by atoms with E-state index in [0.29, 0.717) is 41.6 Å². The molecule has 0 aliphatic heterocycles. The Bertz CT molecular complexity index is 833. The number of carbonyl (C=O) groups excluding carboxylic acids is 1. The van der Waals surface area contributed by atoms with Crippen molar-refractivity contribution in [2.24, 2.45) is 0 Å². The highest BCUT2D eigenvalue weighted by atomic mass is 35.5. The van der Waals surface area contributed by atoms with Crippen molar-refractivity contribution in [2.45, 2.75) is 13.2 Å². The maximum Gasteiger partial charge on any atom is 0.155 e. The fourth-order valence-corrected chi connectivity index (χ4v) is 2.61. The first-order chi connectivity index (χ1) is 12.3. The molecule has 3 rings (SSSR count). The van der Waals surface area contributed by atoms with E-state index in [1.165, 1.54) is 0 Å². The van der Waals surface area contributed by atoms with Crippen LogP contribution in [0.15, 0.2) is 72.8 Å². The molecule has 3 nitrogen and oxygen atoms in total. The molecule has 0 unspecified atom stereocenters. The smallest absolute Gasteiger partial charge is 0.155 e. The summed E-state index contributed by atoms with van der Waals surface area (Å²) in [5.41, 5.74) is 2.38. The van der Waals surface area contributed by atoms with Gasteiger partial charge in [-0.1, -0.05) is 72.3 Å². The number of halogens is 1. The minimum Gasteiger partial charge on any atom is -0.489 e. The van der Waals surface area contributed by atoms with Crippen molar-refractivity contribution < 1.29 is 14.3 Å². The van der Waals surface area contributed by atoms with Crippen LogP contribution >= 0.6 is 11.6 Å². The van der Waals surface area contributed by atoms with Crippen LogP contribution in [0.5, 0.6) is 11.5 Å². The minimum absolute atomic E-state index is 0.309. The quantitative estimate of drug-likeness (QED) is 0.540. The van der Waals surface area contributed by atoms with Crippen molar-refractivity contribution in [3.8, 4) is 11.5 Å². The summed E-state index contributed by atoms with van der Waals surface area (Å²) in [5.74, 6) is 0.969. The molecule has 0 aliphatic rings. The molecule has 0 spiro atoms. The molecule has 3 aromatic rings. The van der Waals surface area contributed by atoms with Crippen molar-refractivity contribution in [3.05, 3.63) is 94.5 Å². The number of hydrogen-bond donors (Lipinski definition) is 0. The lowest BCUT2D eigenvalue weighted by Crippen LogP contribution is -2.01. The normalized spacial score (nSPS) is 10.3. The maximum absolute atomic E-state index is 11.3. The predicted octanol–water partition coefficient (Wildman–Crippen LogP) is 5.31. The van der Waals surface area contributed by atoms with Gasteiger partial charge in [0.15, 0.2) is 6.29 Å². The number of benzene rings is 3. The Balaban J connectivity index is 1.76. The monoisotopic (exact) mass is 352 g/mol. The van der Waals surface area contributed by atoms with Crippen molar-refractivity contribution in [3.63, 3.8) is 0 Å². The van der Waals surface area contributed by atoms with Crippen molar-refractivity contribution in [2.75, 3.05) is 0 Å². The third-order valence-corrected chi connectivity index (χ3v) is 3.98. The fourth-order valence-electron chi connectivity index (χ4n) is 2.36. The molecule has 0 atom stereocenters. The van der Waals surface area contributed by atoms with E-state index in [9.17, 15) is 4.79 Å². The number of carbonyl (C=O) groups is 1. The van der Waals surface area contributed by atoms with Gasteiger partial charge < -0.3 is 9.47 Å². The SMILES string of the molecule is O=Cc1c(Cl)cc(OCc2ccccc2)cc1OCc1ccccc1. The highest BCUT2D eigenvalue weighted by Gasteiger charge is 2.12. The number of rotatable bonds is 7. The first kappa shape index (κ1) is 17.1. The summed E-state index contributed by atoms with van der Waals surface area (Å²) in [7, 11) is 0. The van der Waals surface area contributed by atoms with Crippen molar-refractivity contribution in [1.29, 1.82) is 0 Å². The molecule has 25 heavy (non-hydrogen) atoms. The van der Waals surface area contributed by atoms with Crippen LogP contribution in [0.1, 0.15) is 21.5 Å². The van der Waals surface area contributed by atoms with Crippen molar-refractivity contribution >= 4 is 17.9 Å². The van der Waals surface area contributed by atoms with E-state index in [2.05, 4.69) is 0 Å². The summed E-state index contributed by atoms with van der Waals surface area (Å²) in [6.45, 7) is 0.760. The lowest BCUT2D eigenvalue weighted by molar-refractivity contribution is 0.111. The van der Waals surface area contributed by atoms with Crippen LogP contribution < -0.4 is 9.47 Å². The van der Waals surface area contributed by atoms with E-state index >= 15 is 0 Å². The molecule has 126 valence electrons. The van der Waals surface area contributed by atoms with E-state index in [0.717, 1.165) is 11.1 Å². The zero-order valence-corrected chi connectivity index (χ0v) is 14.3. The van der Waals surface area contributed by atoms with Gasteiger partial charge in [-0.25, -0.2) is 0 Å². The Kier molecular flexibility index (Phi) is 5.70. The van der Waals surface area contributed by atoms with E-state index < -0.39 is 0 Å². The lowest BCUT2D eigenvalue weighted by Gasteiger charge is -2.13. The second kappa shape index (κ2) is 8.36. The number of hydrogen-bond acceptors (Lipinski definition) is 3. The van der Waals surface area contributed by atoms with Gasteiger partial charge in [0.1, 0.15) is 24.7 Å². The molecule has 0 amide bonds. The van der Waals surface area contributed by atoms with Crippen LogP contribution in [0.4, 0.5) is 0 Å². The third kappa shape index (κ3) is 4.61. The molecule has 0 saturated carbocycles. The first-order valence-corrected chi connectivity index (χ1v) is 8.26. The Morgan fingerprint density at radius 3 is 1.92 bits per heavy atom. The van der Waals surface area contributed by atoms with Crippen LogP contribution in [0, 0.1) is 0 Å². The van der Waals surface area contributed by atoms with Crippen LogP contribution in [0.2, 0.25) is 5.02 Å². The molecule has 3 aromatic carbocycles. The zero-order chi connectivity index (χ0) is 17.5. The van der Waals surface area contributed by atoms with E-state index in [1.54, 1.807) is 12.1 Å². The molecule has 0 heterocycles. The zero-order valence-electron chi connectivity index (χ0n) is 13.5. The van der Waals surface area contributed by atoms with Gasteiger partial charge in [0.25, 0.3) is 0 Å². The number of aldehydes is 1.